The van der Waals surface area contributed by atoms with Gasteiger partial charge in [-0.05, 0) is 48.2 Å². The Labute approximate surface area is 154 Å². The van der Waals surface area contributed by atoms with E-state index in [1.54, 1.807) is 42.5 Å². The van der Waals surface area contributed by atoms with Crippen molar-refractivity contribution < 1.29 is 19.4 Å². The van der Waals surface area contributed by atoms with Crippen LogP contribution in [0.1, 0.15) is 17.2 Å². The molecule has 1 atom stereocenters. The predicted molar refractivity (Wildman–Crippen MR) is 98.1 cm³/mol. The number of carbonyl (C=O) groups excluding carboxylic acids is 1. The largest absolute Gasteiger partial charge is 0.483 e. The highest BCUT2D eigenvalue weighted by Crippen LogP contribution is 2.32. The van der Waals surface area contributed by atoms with E-state index in [-0.39, 0.29) is 6.61 Å². The Balaban J connectivity index is 2.27. The molecular weight excluding hydrogens is 354 g/mol. The molecule has 0 saturated heterocycles. The maximum absolute atomic E-state index is 11.7. The number of nitriles is 1. The van der Waals surface area contributed by atoms with Crippen LogP contribution in [0.3, 0.4) is 0 Å². The summed E-state index contributed by atoms with van der Waals surface area (Å²) in [4.78, 5) is 23.3. The zero-order valence-electron chi connectivity index (χ0n) is 13.9. The van der Waals surface area contributed by atoms with Crippen molar-refractivity contribution in [3.63, 3.8) is 0 Å². The molecule has 0 aliphatic heterocycles. The van der Waals surface area contributed by atoms with Crippen LogP contribution in [0, 0.1) is 11.3 Å². The summed E-state index contributed by atoms with van der Waals surface area (Å²) in [5, 5.41) is 21.3. The lowest BCUT2D eigenvalue weighted by Crippen LogP contribution is -2.21. The van der Waals surface area contributed by atoms with Gasteiger partial charge in [0, 0.05) is 10.6 Å². The summed E-state index contributed by atoms with van der Waals surface area (Å²) in [5.74, 6) is -1.18. The Morgan fingerprint density at radius 2 is 2.00 bits per heavy atom. The van der Waals surface area contributed by atoms with Crippen LogP contribution in [0.25, 0.3) is 0 Å². The molecule has 1 amide bonds. The summed E-state index contributed by atoms with van der Waals surface area (Å²) in [6.45, 7) is -0.251. The van der Waals surface area contributed by atoms with Gasteiger partial charge in [0.2, 0.25) is 0 Å². The number of carbonyl (C=O) groups is 2. The van der Waals surface area contributed by atoms with Gasteiger partial charge in [0.15, 0.2) is 12.6 Å². The van der Waals surface area contributed by atoms with Crippen molar-refractivity contribution in [1.82, 2.24) is 0 Å². The second-order valence-electron chi connectivity index (χ2n) is 5.27. The molecule has 4 N–H and O–H groups in total. The van der Waals surface area contributed by atoms with Gasteiger partial charge >= 0.3 is 5.97 Å². The van der Waals surface area contributed by atoms with E-state index < -0.39 is 17.9 Å². The average Bonchev–Trinajstić information content (AvgIpc) is 2.64. The zero-order chi connectivity index (χ0) is 19.1. The van der Waals surface area contributed by atoms with Crippen LogP contribution in [0.15, 0.2) is 47.4 Å². The number of anilines is 1. The molecule has 0 radical (unpaired) electrons. The van der Waals surface area contributed by atoms with E-state index >= 15 is 0 Å². The summed E-state index contributed by atoms with van der Waals surface area (Å²) in [5.41, 5.74) is 6.67. The molecule has 0 fully saturated rings. The van der Waals surface area contributed by atoms with Crippen molar-refractivity contribution in [3.8, 4) is 11.8 Å². The first kappa shape index (κ1) is 19.1. The lowest BCUT2D eigenvalue weighted by Gasteiger charge is -2.18. The van der Waals surface area contributed by atoms with E-state index in [1.807, 2.05) is 12.3 Å². The molecule has 0 spiro atoms. The highest BCUT2D eigenvalue weighted by molar-refractivity contribution is 7.98. The lowest BCUT2D eigenvalue weighted by molar-refractivity contribution is -0.138. The molecule has 8 heteroatoms. The van der Waals surface area contributed by atoms with Gasteiger partial charge in [-0.15, -0.1) is 11.8 Å². The van der Waals surface area contributed by atoms with E-state index in [1.165, 1.54) is 11.8 Å². The van der Waals surface area contributed by atoms with Gasteiger partial charge in [0.05, 0.1) is 11.6 Å². The molecule has 26 heavy (non-hydrogen) atoms. The number of ether oxygens (including phenoxy) is 1. The molecule has 0 bridgehead atoms. The van der Waals surface area contributed by atoms with E-state index in [0.717, 1.165) is 0 Å². The summed E-state index contributed by atoms with van der Waals surface area (Å²) in [6.07, 6.45) is 1.82. The minimum atomic E-state index is -1.05. The van der Waals surface area contributed by atoms with Crippen molar-refractivity contribution in [2.45, 2.75) is 10.9 Å². The number of carboxylic acid groups (broad SMARTS) is 1. The quantitative estimate of drug-likeness (QED) is 0.608. The van der Waals surface area contributed by atoms with Crippen molar-refractivity contribution in [1.29, 1.82) is 5.26 Å². The second kappa shape index (κ2) is 8.78. The number of carboxylic acids is 1. The molecule has 0 saturated carbocycles. The number of aliphatic carboxylic acids is 1. The number of hydrogen-bond donors (Lipinski definition) is 3. The van der Waals surface area contributed by atoms with Gasteiger partial charge in [0.1, 0.15) is 5.75 Å². The van der Waals surface area contributed by atoms with Crippen LogP contribution in [0.4, 0.5) is 5.69 Å². The highest BCUT2D eigenvalue weighted by Gasteiger charge is 2.21. The van der Waals surface area contributed by atoms with Gasteiger partial charge in [-0.3, -0.25) is 4.79 Å². The Morgan fingerprint density at radius 3 is 2.54 bits per heavy atom. The minimum Gasteiger partial charge on any atom is -0.483 e. The van der Waals surface area contributed by atoms with Crippen molar-refractivity contribution in [3.05, 3.63) is 53.6 Å². The number of nitrogens with zero attached hydrogens (tertiary/aromatic N) is 1. The number of nitrogens with one attached hydrogen (secondary N) is 1. The fourth-order valence-electron chi connectivity index (χ4n) is 2.23. The van der Waals surface area contributed by atoms with Crippen LogP contribution >= 0.6 is 11.8 Å². The highest BCUT2D eigenvalue weighted by atomic mass is 32.2. The summed E-state index contributed by atoms with van der Waals surface area (Å²) in [6, 6.07) is 12.4. The smallest absolute Gasteiger partial charge is 0.330 e. The lowest BCUT2D eigenvalue weighted by atomic mass is 10.1. The molecule has 134 valence electrons. The van der Waals surface area contributed by atoms with Crippen LogP contribution in [0.5, 0.6) is 5.75 Å². The monoisotopic (exact) mass is 371 g/mol. The van der Waals surface area contributed by atoms with Gasteiger partial charge in [-0.2, -0.15) is 5.26 Å². The van der Waals surface area contributed by atoms with E-state index in [4.69, 9.17) is 15.7 Å². The van der Waals surface area contributed by atoms with Crippen molar-refractivity contribution in [2.75, 3.05) is 18.2 Å². The van der Waals surface area contributed by atoms with Gasteiger partial charge in [-0.1, -0.05) is 6.07 Å². The third-order valence-corrected chi connectivity index (χ3v) is 4.22. The normalized spacial score (nSPS) is 11.2. The third-order valence-electron chi connectivity index (χ3n) is 3.46. The van der Waals surface area contributed by atoms with Crippen LogP contribution in [0.2, 0.25) is 0 Å². The maximum atomic E-state index is 11.7. The first-order valence-electron chi connectivity index (χ1n) is 7.53. The van der Waals surface area contributed by atoms with E-state index in [0.29, 0.717) is 27.5 Å². The Hall–Kier alpha value is -3.18. The molecule has 1 unspecified atom stereocenters. The van der Waals surface area contributed by atoms with Gasteiger partial charge < -0.3 is 20.9 Å². The molecule has 2 aromatic carbocycles. The molecule has 0 aliphatic carbocycles. The Morgan fingerprint density at radius 1 is 1.31 bits per heavy atom. The maximum Gasteiger partial charge on any atom is 0.330 e. The van der Waals surface area contributed by atoms with Crippen molar-refractivity contribution >= 4 is 29.3 Å². The first-order valence-corrected chi connectivity index (χ1v) is 8.75. The van der Waals surface area contributed by atoms with Gasteiger partial charge in [0.25, 0.3) is 5.91 Å². The first-order chi connectivity index (χ1) is 12.4. The van der Waals surface area contributed by atoms with Gasteiger partial charge in [-0.25, -0.2) is 4.79 Å². The molecule has 2 rings (SSSR count). The fourth-order valence-corrected chi connectivity index (χ4v) is 2.81. The number of thioether (sulfide) groups is 1. The molecular formula is C18H17N3O4S. The molecule has 0 heterocycles. The standard InChI is InChI=1S/C18H17N3O4S/c1-26-15-8-12(4-7-14(15)25-10-16(20)22)17(18(23)24)21-13-5-2-11(9-19)3-6-13/h2-8,17,21H,10H2,1H3,(H2,20,22)(H,23,24). The molecule has 0 aromatic heterocycles. The molecule has 0 aliphatic rings. The number of primary amides is 1. The number of rotatable bonds is 8. The fraction of sp³-hybridized carbons (Fsp3) is 0.167. The minimum absolute atomic E-state index is 0.251. The number of hydrogen-bond acceptors (Lipinski definition) is 6. The summed E-state index contributed by atoms with van der Waals surface area (Å²) >= 11 is 1.37. The predicted octanol–water partition coefficient (Wildman–Crippen LogP) is 2.38. The zero-order valence-corrected chi connectivity index (χ0v) is 14.7. The SMILES string of the molecule is CSc1cc(C(Nc2ccc(C#N)cc2)C(=O)O)ccc1OCC(N)=O. The summed E-state index contributed by atoms with van der Waals surface area (Å²) < 4.78 is 5.33. The Kier molecular flexibility index (Phi) is 6.47. The van der Waals surface area contributed by atoms with Crippen molar-refractivity contribution in [2.24, 2.45) is 5.73 Å². The van der Waals surface area contributed by atoms with Crippen LogP contribution < -0.4 is 15.8 Å². The average molecular weight is 371 g/mol. The molecule has 2 aromatic rings. The molecule has 7 nitrogen and oxygen atoms in total. The topological polar surface area (TPSA) is 125 Å². The van der Waals surface area contributed by atoms with Crippen LogP contribution in [-0.2, 0) is 9.59 Å². The second-order valence-corrected chi connectivity index (χ2v) is 6.12. The van der Waals surface area contributed by atoms with Crippen LogP contribution in [-0.4, -0.2) is 29.8 Å². The third kappa shape index (κ3) is 4.91. The Bertz CT molecular complexity index is 847. The number of benzene rings is 2. The van der Waals surface area contributed by atoms with E-state index in [9.17, 15) is 14.7 Å². The summed E-state index contributed by atoms with van der Waals surface area (Å²) in [7, 11) is 0. The van der Waals surface area contributed by atoms with E-state index in [2.05, 4.69) is 5.32 Å². The number of nitrogens with two attached hydrogens (primary N) is 1. The number of amides is 1.